The molecule has 0 aromatic carbocycles. The number of hydrogen-bond donors (Lipinski definition) is 3. The van der Waals surface area contributed by atoms with E-state index < -0.39 is 38.3 Å². The molecule has 0 spiro atoms. The van der Waals surface area contributed by atoms with Crippen molar-refractivity contribution in [2.45, 2.75) is 57.3 Å². The molecule has 2 aliphatic carbocycles. The number of rotatable bonds is 5. The van der Waals surface area contributed by atoms with Gasteiger partial charge in [-0.1, -0.05) is 26.0 Å². The number of fused-ring (bicyclic) bond motifs is 1. The van der Waals surface area contributed by atoms with Crippen LogP contribution in [0.4, 0.5) is 0 Å². The number of allylic oxidation sites excluding steroid dienone is 1. The van der Waals surface area contributed by atoms with E-state index >= 15 is 0 Å². The molecular weight excluding hydrogens is 384 g/mol. The summed E-state index contributed by atoms with van der Waals surface area (Å²) < 4.78 is 39.0. The summed E-state index contributed by atoms with van der Waals surface area (Å²) in [5.41, 5.74) is -0.235. The lowest BCUT2D eigenvalue weighted by Crippen LogP contribution is -2.57. The fourth-order valence-corrected chi connectivity index (χ4v) is 6.84. The van der Waals surface area contributed by atoms with Gasteiger partial charge in [0.05, 0.1) is 18.3 Å². The summed E-state index contributed by atoms with van der Waals surface area (Å²) >= 11 is 0. The van der Waals surface area contributed by atoms with Gasteiger partial charge in [-0.05, 0) is 55.4 Å². The van der Waals surface area contributed by atoms with E-state index in [-0.39, 0.29) is 37.0 Å². The van der Waals surface area contributed by atoms with Crippen molar-refractivity contribution in [3.05, 3.63) is 23.8 Å². The molecular formula is C20H30O7S. The molecule has 1 heterocycles. The molecule has 6 unspecified atom stereocenters. The Morgan fingerprint density at radius 2 is 2.04 bits per heavy atom. The van der Waals surface area contributed by atoms with E-state index in [9.17, 15) is 28.0 Å². The van der Waals surface area contributed by atoms with E-state index in [4.69, 9.17) is 4.74 Å². The fraction of sp³-hybridized carbons (Fsp3) is 0.750. The number of hydrogen-bond acceptors (Lipinski definition) is 6. The maximum absolute atomic E-state index is 12.1. The number of carbonyl (C=O) groups is 1. The molecule has 6 atom stereocenters. The predicted octanol–water partition coefficient (Wildman–Crippen LogP) is 1.86. The minimum atomic E-state index is -4.52. The fourth-order valence-electron chi connectivity index (χ4n) is 5.90. The van der Waals surface area contributed by atoms with Crippen LogP contribution in [0.25, 0.3) is 0 Å². The monoisotopic (exact) mass is 414 g/mol. The summed E-state index contributed by atoms with van der Waals surface area (Å²) in [5.74, 6) is -1.02. The average molecular weight is 415 g/mol. The maximum atomic E-state index is 12.1. The Labute approximate surface area is 166 Å². The molecule has 28 heavy (non-hydrogen) atoms. The molecule has 0 amide bonds. The normalized spacial score (nSPS) is 39.9. The van der Waals surface area contributed by atoms with Crippen molar-refractivity contribution in [1.82, 2.24) is 0 Å². The molecule has 8 heteroatoms. The highest BCUT2D eigenvalue weighted by molar-refractivity contribution is 7.86. The number of ether oxygens (including phenoxy) is 1. The van der Waals surface area contributed by atoms with Gasteiger partial charge in [-0.15, -0.1) is 0 Å². The SMILES string of the molecule is C=C1CCC2C(C)(CO)C(O)CCC2(C)C1CC(C1=CCOC1=O)S(=O)(=O)O. The highest BCUT2D eigenvalue weighted by atomic mass is 32.2. The average Bonchev–Trinajstić information content (AvgIpc) is 3.02. The van der Waals surface area contributed by atoms with Crippen molar-refractivity contribution in [3.8, 4) is 0 Å². The minimum absolute atomic E-state index is 0.000465. The van der Waals surface area contributed by atoms with Crippen molar-refractivity contribution in [1.29, 1.82) is 0 Å². The highest BCUT2D eigenvalue weighted by Crippen LogP contribution is 2.62. The van der Waals surface area contributed by atoms with Crippen LogP contribution in [-0.2, 0) is 19.6 Å². The van der Waals surface area contributed by atoms with Crippen LogP contribution in [0.5, 0.6) is 0 Å². The van der Waals surface area contributed by atoms with Crippen molar-refractivity contribution >= 4 is 16.1 Å². The Bertz CT molecular complexity index is 801. The summed E-state index contributed by atoms with van der Waals surface area (Å²) in [6.45, 7) is 7.94. The number of aliphatic hydroxyl groups is 2. The number of carbonyl (C=O) groups excluding carboxylic acids is 1. The van der Waals surface area contributed by atoms with Gasteiger partial charge in [0, 0.05) is 5.41 Å². The zero-order chi connectivity index (χ0) is 20.9. The third-order valence-corrected chi connectivity index (χ3v) is 8.77. The van der Waals surface area contributed by atoms with Gasteiger partial charge in [0.1, 0.15) is 11.9 Å². The van der Waals surface area contributed by atoms with E-state index in [0.29, 0.717) is 19.3 Å². The summed E-state index contributed by atoms with van der Waals surface area (Å²) in [4.78, 5) is 12.0. The van der Waals surface area contributed by atoms with E-state index in [2.05, 4.69) is 13.5 Å². The van der Waals surface area contributed by atoms with Crippen LogP contribution >= 0.6 is 0 Å². The highest BCUT2D eigenvalue weighted by Gasteiger charge is 2.58. The molecule has 2 fully saturated rings. The van der Waals surface area contributed by atoms with Crippen molar-refractivity contribution in [3.63, 3.8) is 0 Å². The zero-order valence-corrected chi connectivity index (χ0v) is 17.2. The summed E-state index contributed by atoms with van der Waals surface area (Å²) in [6, 6.07) is 0. The van der Waals surface area contributed by atoms with Gasteiger partial charge in [0.25, 0.3) is 10.1 Å². The second-order valence-corrected chi connectivity index (χ2v) is 10.6. The first-order chi connectivity index (χ1) is 12.9. The molecule has 0 aromatic rings. The van der Waals surface area contributed by atoms with Crippen LogP contribution in [0.3, 0.4) is 0 Å². The lowest BCUT2D eigenvalue weighted by Gasteiger charge is -2.60. The third-order valence-electron chi connectivity index (χ3n) is 7.60. The van der Waals surface area contributed by atoms with Crippen LogP contribution in [0.15, 0.2) is 23.8 Å². The van der Waals surface area contributed by atoms with Gasteiger partial charge in [0.15, 0.2) is 0 Å². The molecule has 7 nitrogen and oxygen atoms in total. The largest absolute Gasteiger partial charge is 0.458 e. The van der Waals surface area contributed by atoms with E-state index in [1.54, 1.807) is 0 Å². The molecule has 2 saturated carbocycles. The first-order valence-corrected chi connectivity index (χ1v) is 11.3. The Hall–Kier alpha value is -1.22. The van der Waals surface area contributed by atoms with Crippen LogP contribution < -0.4 is 0 Å². The van der Waals surface area contributed by atoms with E-state index in [0.717, 1.165) is 12.0 Å². The summed E-state index contributed by atoms with van der Waals surface area (Å²) in [6.07, 6.45) is 3.36. The molecule has 0 saturated heterocycles. The van der Waals surface area contributed by atoms with Gasteiger partial charge in [0.2, 0.25) is 0 Å². The summed E-state index contributed by atoms with van der Waals surface area (Å²) in [5, 5.41) is 19.3. The number of cyclic esters (lactones) is 1. The molecule has 3 aliphatic rings. The van der Waals surface area contributed by atoms with Crippen LogP contribution in [0.1, 0.15) is 46.0 Å². The standard InChI is InChI=1S/C20H30O7S/c1-12-4-5-16-19(2,8-6-17(22)20(16,3)11-21)14(12)10-15(28(24,25)26)13-7-9-27-18(13)23/h7,14-17,21-22H,1,4-6,8-11H2,2-3H3,(H,24,25,26). The smallest absolute Gasteiger partial charge is 0.335 e. The predicted molar refractivity (Wildman–Crippen MR) is 103 cm³/mol. The van der Waals surface area contributed by atoms with Gasteiger partial charge in [-0.25, -0.2) is 4.79 Å². The lowest BCUT2D eigenvalue weighted by molar-refractivity contribution is -0.152. The molecule has 1 aliphatic heterocycles. The van der Waals surface area contributed by atoms with Crippen LogP contribution in [0.2, 0.25) is 0 Å². The summed E-state index contributed by atoms with van der Waals surface area (Å²) in [7, 11) is -4.52. The molecule has 3 N–H and O–H groups in total. The van der Waals surface area contributed by atoms with Gasteiger partial charge in [-0.3, -0.25) is 4.55 Å². The first-order valence-electron chi connectivity index (χ1n) is 9.75. The minimum Gasteiger partial charge on any atom is -0.458 e. The molecule has 0 bridgehead atoms. The van der Waals surface area contributed by atoms with Crippen molar-refractivity contribution < 1.29 is 32.7 Å². The van der Waals surface area contributed by atoms with Crippen molar-refractivity contribution in [2.75, 3.05) is 13.2 Å². The van der Waals surface area contributed by atoms with Crippen LogP contribution in [0, 0.1) is 22.7 Å². The molecule has 158 valence electrons. The van der Waals surface area contributed by atoms with Crippen LogP contribution in [-0.4, -0.2) is 53.7 Å². The second kappa shape index (κ2) is 7.23. The molecule has 0 radical (unpaired) electrons. The Balaban J connectivity index is 1.99. The second-order valence-electron chi connectivity index (χ2n) is 9.02. The van der Waals surface area contributed by atoms with Gasteiger partial charge < -0.3 is 14.9 Å². The topological polar surface area (TPSA) is 121 Å². The quantitative estimate of drug-likeness (QED) is 0.357. The number of aliphatic hydroxyl groups excluding tert-OH is 2. The molecule has 3 rings (SSSR count). The van der Waals surface area contributed by atoms with Gasteiger partial charge >= 0.3 is 5.97 Å². The third kappa shape index (κ3) is 3.34. The zero-order valence-electron chi connectivity index (χ0n) is 16.4. The lowest BCUT2D eigenvalue weighted by atomic mass is 9.46. The van der Waals surface area contributed by atoms with Crippen molar-refractivity contribution in [2.24, 2.45) is 22.7 Å². The van der Waals surface area contributed by atoms with E-state index in [1.807, 2.05) is 6.92 Å². The molecule has 0 aromatic heterocycles. The van der Waals surface area contributed by atoms with E-state index in [1.165, 1.54) is 6.08 Å². The Kier molecular flexibility index (Phi) is 5.55. The first kappa shape index (κ1) is 21.5. The maximum Gasteiger partial charge on any atom is 0.335 e. The number of esters is 1. The Morgan fingerprint density at radius 1 is 1.36 bits per heavy atom. The van der Waals surface area contributed by atoms with Gasteiger partial charge in [-0.2, -0.15) is 8.42 Å². The Morgan fingerprint density at radius 3 is 2.57 bits per heavy atom.